The van der Waals surface area contributed by atoms with Crippen molar-refractivity contribution in [2.24, 2.45) is 11.8 Å². The van der Waals surface area contributed by atoms with Gasteiger partial charge in [0, 0.05) is 18.1 Å². The molecule has 3 amide bonds. The number of nitrogens with zero attached hydrogens (tertiary/aromatic N) is 1. The lowest BCUT2D eigenvalue weighted by molar-refractivity contribution is -0.122. The summed E-state index contributed by atoms with van der Waals surface area (Å²) < 4.78 is 0. The van der Waals surface area contributed by atoms with E-state index in [2.05, 4.69) is 17.6 Å². The summed E-state index contributed by atoms with van der Waals surface area (Å²) in [6.45, 7) is 3.61. The molecule has 6 heteroatoms. The van der Waals surface area contributed by atoms with Crippen LogP contribution in [0.1, 0.15) is 31.4 Å². The van der Waals surface area contributed by atoms with Gasteiger partial charge in [-0.15, -0.1) is 0 Å². The van der Waals surface area contributed by atoms with Crippen molar-refractivity contribution in [3.05, 3.63) is 34.9 Å². The van der Waals surface area contributed by atoms with Gasteiger partial charge in [-0.1, -0.05) is 30.7 Å². The highest BCUT2D eigenvalue weighted by Gasteiger charge is 2.41. The van der Waals surface area contributed by atoms with Gasteiger partial charge < -0.3 is 15.5 Å². The van der Waals surface area contributed by atoms with E-state index in [-0.39, 0.29) is 24.5 Å². The largest absolute Gasteiger partial charge is 0.347 e. The van der Waals surface area contributed by atoms with E-state index in [1.54, 1.807) is 4.90 Å². The molecule has 1 saturated heterocycles. The molecule has 1 aromatic carbocycles. The third-order valence-corrected chi connectivity index (χ3v) is 4.90. The first-order valence-corrected chi connectivity index (χ1v) is 8.50. The molecule has 0 spiro atoms. The molecule has 1 saturated carbocycles. The Morgan fingerprint density at radius 1 is 1.43 bits per heavy atom. The van der Waals surface area contributed by atoms with E-state index in [0.29, 0.717) is 29.9 Å². The smallest absolute Gasteiger partial charge is 0.317 e. The fourth-order valence-corrected chi connectivity index (χ4v) is 3.27. The number of urea groups is 1. The summed E-state index contributed by atoms with van der Waals surface area (Å²) in [5.41, 5.74) is 1.07. The van der Waals surface area contributed by atoms with Crippen LogP contribution >= 0.6 is 11.6 Å². The SMILES string of the molecule is C[C@@H]1C[C@@H]1[C@H](NC(=O)CN1CCCNC1=O)c1ccc(Cl)cc1. The van der Waals surface area contributed by atoms with Crippen molar-refractivity contribution in [2.75, 3.05) is 19.6 Å². The summed E-state index contributed by atoms with van der Waals surface area (Å²) in [6, 6.07) is 7.46. The molecule has 23 heavy (non-hydrogen) atoms. The second-order valence-electron chi connectivity index (χ2n) is 6.48. The van der Waals surface area contributed by atoms with Crippen LogP contribution in [0.3, 0.4) is 0 Å². The number of amides is 3. The molecule has 0 aromatic heterocycles. The summed E-state index contributed by atoms with van der Waals surface area (Å²) in [7, 11) is 0. The van der Waals surface area contributed by atoms with Crippen LogP contribution in [-0.4, -0.2) is 36.5 Å². The summed E-state index contributed by atoms with van der Waals surface area (Å²) in [4.78, 5) is 25.7. The molecule has 1 aliphatic carbocycles. The lowest BCUT2D eigenvalue weighted by Gasteiger charge is -2.28. The first-order valence-electron chi connectivity index (χ1n) is 8.12. The van der Waals surface area contributed by atoms with Crippen molar-refractivity contribution in [1.29, 1.82) is 0 Å². The van der Waals surface area contributed by atoms with Crippen molar-refractivity contribution < 1.29 is 9.59 Å². The number of nitrogens with one attached hydrogen (secondary N) is 2. The van der Waals surface area contributed by atoms with Gasteiger partial charge in [-0.3, -0.25) is 4.79 Å². The fraction of sp³-hybridized carbons (Fsp3) is 0.529. The Balaban J connectivity index is 1.65. The predicted octanol–water partition coefficient (Wildman–Crippen LogP) is 2.57. The molecule has 2 fully saturated rings. The summed E-state index contributed by atoms with van der Waals surface area (Å²) in [6.07, 6.45) is 1.98. The third kappa shape index (κ3) is 3.96. The molecule has 1 heterocycles. The lowest BCUT2D eigenvalue weighted by atomic mass is 10.0. The number of benzene rings is 1. The van der Waals surface area contributed by atoms with Gasteiger partial charge in [0.1, 0.15) is 6.54 Å². The molecule has 1 aliphatic heterocycles. The van der Waals surface area contributed by atoms with Gasteiger partial charge in [0.15, 0.2) is 0 Å². The number of carbonyl (C=O) groups excluding carboxylic acids is 2. The zero-order valence-electron chi connectivity index (χ0n) is 13.2. The van der Waals surface area contributed by atoms with Gasteiger partial charge in [0.05, 0.1) is 6.04 Å². The number of carbonyl (C=O) groups is 2. The molecular formula is C17H22ClN3O2. The topological polar surface area (TPSA) is 61.4 Å². The zero-order valence-corrected chi connectivity index (χ0v) is 14.0. The first kappa shape index (κ1) is 16.1. The maximum absolute atomic E-state index is 12.4. The van der Waals surface area contributed by atoms with E-state index >= 15 is 0 Å². The molecule has 2 aliphatic rings. The van der Waals surface area contributed by atoms with Crippen LogP contribution in [0.5, 0.6) is 0 Å². The van der Waals surface area contributed by atoms with Crippen molar-refractivity contribution in [3.8, 4) is 0 Å². The van der Waals surface area contributed by atoms with E-state index in [0.717, 1.165) is 18.4 Å². The van der Waals surface area contributed by atoms with Gasteiger partial charge in [-0.2, -0.15) is 0 Å². The highest BCUT2D eigenvalue weighted by Crippen LogP contribution is 2.47. The maximum Gasteiger partial charge on any atom is 0.317 e. The van der Waals surface area contributed by atoms with Crippen LogP contribution in [0.2, 0.25) is 5.02 Å². The van der Waals surface area contributed by atoms with Crippen LogP contribution in [-0.2, 0) is 4.79 Å². The molecule has 124 valence electrons. The van der Waals surface area contributed by atoms with Crippen LogP contribution < -0.4 is 10.6 Å². The Morgan fingerprint density at radius 2 is 2.13 bits per heavy atom. The average molecular weight is 336 g/mol. The Hall–Kier alpha value is -1.75. The molecule has 0 radical (unpaired) electrons. The molecule has 0 unspecified atom stereocenters. The van der Waals surface area contributed by atoms with Crippen molar-refractivity contribution >= 4 is 23.5 Å². The highest BCUT2D eigenvalue weighted by atomic mass is 35.5. The minimum atomic E-state index is -0.158. The number of hydrogen-bond acceptors (Lipinski definition) is 2. The van der Waals surface area contributed by atoms with Crippen LogP contribution in [0, 0.1) is 11.8 Å². The summed E-state index contributed by atoms with van der Waals surface area (Å²) in [5, 5.41) is 6.56. The average Bonchev–Trinajstić information content (AvgIpc) is 3.25. The molecule has 3 rings (SSSR count). The van der Waals surface area contributed by atoms with Gasteiger partial charge >= 0.3 is 6.03 Å². The van der Waals surface area contributed by atoms with Crippen molar-refractivity contribution in [2.45, 2.75) is 25.8 Å². The minimum Gasteiger partial charge on any atom is -0.347 e. The van der Waals surface area contributed by atoms with Crippen molar-refractivity contribution in [3.63, 3.8) is 0 Å². The van der Waals surface area contributed by atoms with E-state index in [1.165, 1.54) is 0 Å². The predicted molar refractivity (Wildman–Crippen MR) is 89.2 cm³/mol. The number of halogens is 1. The van der Waals surface area contributed by atoms with Gasteiger partial charge in [-0.25, -0.2) is 4.79 Å². The second-order valence-corrected chi connectivity index (χ2v) is 6.92. The number of rotatable bonds is 5. The molecule has 0 bridgehead atoms. The standard InChI is InChI=1S/C17H22ClN3O2/c1-11-9-14(11)16(12-3-5-13(18)6-4-12)20-15(22)10-21-8-2-7-19-17(21)23/h3-6,11,14,16H,2,7-10H2,1H3,(H,19,23)(H,20,22)/t11-,14+,16-/m1/s1. The molecule has 3 atom stereocenters. The van der Waals surface area contributed by atoms with Gasteiger partial charge in [0.2, 0.25) is 5.91 Å². The second kappa shape index (κ2) is 6.79. The van der Waals surface area contributed by atoms with Crippen LogP contribution in [0.25, 0.3) is 0 Å². The van der Waals surface area contributed by atoms with E-state index < -0.39 is 0 Å². The normalized spacial score (nSPS) is 24.8. The first-order chi connectivity index (χ1) is 11.0. The van der Waals surface area contributed by atoms with Gasteiger partial charge in [0.25, 0.3) is 0 Å². The number of hydrogen-bond donors (Lipinski definition) is 2. The summed E-state index contributed by atoms with van der Waals surface area (Å²) >= 11 is 5.95. The van der Waals surface area contributed by atoms with Crippen LogP contribution in [0.15, 0.2) is 24.3 Å². The third-order valence-electron chi connectivity index (χ3n) is 4.65. The molecule has 2 N–H and O–H groups in total. The highest BCUT2D eigenvalue weighted by molar-refractivity contribution is 6.30. The molecular weight excluding hydrogens is 314 g/mol. The van der Waals surface area contributed by atoms with E-state index in [1.807, 2.05) is 24.3 Å². The Bertz CT molecular complexity index is 590. The van der Waals surface area contributed by atoms with Gasteiger partial charge in [-0.05, 0) is 42.4 Å². The quantitative estimate of drug-likeness (QED) is 0.868. The summed E-state index contributed by atoms with van der Waals surface area (Å²) in [5.74, 6) is 0.950. The Labute approximate surface area is 141 Å². The Morgan fingerprint density at radius 3 is 2.74 bits per heavy atom. The monoisotopic (exact) mass is 335 g/mol. The maximum atomic E-state index is 12.4. The fourth-order valence-electron chi connectivity index (χ4n) is 3.14. The van der Waals surface area contributed by atoms with E-state index in [9.17, 15) is 9.59 Å². The minimum absolute atomic E-state index is 0.0115. The molecule has 1 aromatic rings. The van der Waals surface area contributed by atoms with Crippen molar-refractivity contribution in [1.82, 2.24) is 15.5 Å². The lowest BCUT2D eigenvalue weighted by Crippen LogP contribution is -2.50. The van der Waals surface area contributed by atoms with E-state index in [4.69, 9.17) is 11.6 Å². The molecule has 5 nitrogen and oxygen atoms in total. The zero-order chi connectivity index (χ0) is 16.4. The van der Waals surface area contributed by atoms with Crippen LogP contribution in [0.4, 0.5) is 4.79 Å². The Kier molecular flexibility index (Phi) is 4.76.